The van der Waals surface area contributed by atoms with Crippen LogP contribution < -0.4 is 31.7 Å². The summed E-state index contributed by atoms with van der Waals surface area (Å²) in [6.07, 6.45) is 6.00. The van der Waals surface area contributed by atoms with E-state index < -0.39 is 5.97 Å². The van der Waals surface area contributed by atoms with Gasteiger partial charge in [-0.1, -0.05) is 0 Å². The minimum atomic E-state index is -0.728. The summed E-state index contributed by atoms with van der Waals surface area (Å²) >= 11 is 0. The predicted octanol–water partition coefficient (Wildman–Crippen LogP) is 0.232. The first-order chi connectivity index (χ1) is 18.0. The van der Waals surface area contributed by atoms with Gasteiger partial charge >= 0.3 is 5.97 Å². The molecule has 200 valence electrons. The summed E-state index contributed by atoms with van der Waals surface area (Å²) in [6, 6.07) is 6.24. The second-order valence-electron chi connectivity index (χ2n) is 10.6. The molecule has 0 aromatic carbocycles. The molecule has 0 spiro atoms. The third-order valence-corrected chi connectivity index (χ3v) is 8.20. The van der Waals surface area contributed by atoms with Crippen LogP contribution in [0.3, 0.4) is 0 Å². The quantitative estimate of drug-likeness (QED) is 0.298. The van der Waals surface area contributed by atoms with Crippen LogP contribution in [0.4, 0.5) is 11.5 Å². The van der Waals surface area contributed by atoms with E-state index in [9.17, 15) is 9.59 Å². The summed E-state index contributed by atoms with van der Waals surface area (Å²) in [7, 11) is 0. The Balaban J connectivity index is 1.22. The molecule has 0 saturated carbocycles. The van der Waals surface area contributed by atoms with Crippen LogP contribution in [-0.4, -0.2) is 78.1 Å². The Labute approximate surface area is 217 Å². The summed E-state index contributed by atoms with van der Waals surface area (Å²) in [4.78, 5) is 33.0. The largest absolute Gasteiger partial charge is 0.481 e. The minimum absolute atomic E-state index is 0.0336. The molecule has 5 rings (SSSR count). The van der Waals surface area contributed by atoms with Gasteiger partial charge in [-0.3, -0.25) is 30.5 Å². The first-order valence-electron chi connectivity index (χ1n) is 13.4. The highest BCUT2D eigenvalue weighted by atomic mass is 16.4. The van der Waals surface area contributed by atoms with E-state index in [1.165, 1.54) is 0 Å². The third-order valence-electron chi connectivity index (χ3n) is 8.20. The lowest BCUT2D eigenvalue weighted by atomic mass is 9.90. The van der Waals surface area contributed by atoms with Gasteiger partial charge in [-0.05, 0) is 49.7 Å². The average molecular weight is 512 g/mol. The second-order valence-corrected chi connectivity index (χ2v) is 10.6. The van der Waals surface area contributed by atoms with Crippen molar-refractivity contribution >= 4 is 23.4 Å². The van der Waals surface area contributed by atoms with Crippen molar-refractivity contribution < 1.29 is 14.7 Å². The zero-order valence-electron chi connectivity index (χ0n) is 21.0. The first kappa shape index (κ1) is 25.7. The Bertz CT molecular complexity index is 984. The Morgan fingerprint density at radius 1 is 1.14 bits per heavy atom. The number of nitrogens with one attached hydrogen (secondary N) is 5. The number of piperidine rings is 2. The number of carbonyl (C=O) groups excluding carboxylic acids is 1. The maximum atomic E-state index is 12.8. The molecule has 1 amide bonds. The number of nitrogens with zero attached hydrogens (tertiary/aromatic N) is 4. The van der Waals surface area contributed by atoms with E-state index in [4.69, 9.17) is 10.4 Å². The molecular formula is C25H37N9O3. The number of rotatable bonds is 7. The molecule has 5 heterocycles. The molecule has 4 unspecified atom stereocenters. The van der Waals surface area contributed by atoms with Crippen LogP contribution in [0.5, 0.6) is 0 Å². The van der Waals surface area contributed by atoms with Crippen LogP contribution >= 0.6 is 0 Å². The Morgan fingerprint density at radius 3 is 2.57 bits per heavy atom. The number of carboxylic acids is 1. The fraction of sp³-hybridized carbons (Fsp3) is 0.680. The van der Waals surface area contributed by atoms with E-state index >= 15 is 0 Å². The number of nitriles is 1. The van der Waals surface area contributed by atoms with Crippen molar-refractivity contribution in [1.29, 1.82) is 5.26 Å². The number of aromatic nitrogens is 1. The molecule has 4 saturated heterocycles. The SMILES string of the molecule is N#CCC1CCN(C2NC3CNNC(=O)C3C(Nc3ccc(N4CCC(CC(=O)O)CC4)nc3)N2)CC1. The molecule has 1 aromatic heterocycles. The van der Waals surface area contributed by atoms with Crippen LogP contribution in [0.15, 0.2) is 18.3 Å². The van der Waals surface area contributed by atoms with Gasteiger partial charge in [-0.2, -0.15) is 5.26 Å². The molecule has 37 heavy (non-hydrogen) atoms. The molecule has 4 aliphatic rings. The van der Waals surface area contributed by atoms with Crippen molar-refractivity contribution in [1.82, 2.24) is 31.4 Å². The van der Waals surface area contributed by atoms with E-state index in [2.05, 4.69) is 47.7 Å². The number of carbonyl (C=O) groups is 2. The molecule has 4 atom stereocenters. The highest BCUT2D eigenvalue weighted by Gasteiger charge is 2.45. The first-order valence-corrected chi connectivity index (χ1v) is 13.4. The second kappa shape index (κ2) is 11.6. The van der Waals surface area contributed by atoms with E-state index in [-0.39, 0.29) is 42.7 Å². The van der Waals surface area contributed by atoms with Crippen LogP contribution in [0.1, 0.15) is 38.5 Å². The van der Waals surface area contributed by atoms with Crippen LogP contribution in [0.25, 0.3) is 0 Å². The highest BCUT2D eigenvalue weighted by molar-refractivity contribution is 5.81. The molecule has 1 aromatic rings. The van der Waals surface area contributed by atoms with Crippen LogP contribution in [0, 0.1) is 29.1 Å². The molecule has 4 fully saturated rings. The Morgan fingerprint density at radius 2 is 1.89 bits per heavy atom. The summed E-state index contributed by atoms with van der Waals surface area (Å²) < 4.78 is 0. The normalized spacial score (nSPS) is 29.7. The van der Waals surface area contributed by atoms with Gasteiger partial charge in [-0.25, -0.2) is 10.4 Å². The number of hydrogen-bond acceptors (Lipinski definition) is 10. The number of fused-ring (bicyclic) bond motifs is 1. The number of hydrogen-bond donors (Lipinski definition) is 6. The fourth-order valence-electron chi connectivity index (χ4n) is 6.05. The van der Waals surface area contributed by atoms with Gasteiger partial charge < -0.3 is 15.3 Å². The number of amides is 1. The molecule has 0 bridgehead atoms. The van der Waals surface area contributed by atoms with Gasteiger partial charge in [0.1, 0.15) is 12.1 Å². The summed E-state index contributed by atoms with van der Waals surface area (Å²) in [5.74, 6) is 0.480. The molecule has 4 aliphatic heterocycles. The minimum Gasteiger partial charge on any atom is -0.481 e. The average Bonchev–Trinajstić information content (AvgIpc) is 2.90. The van der Waals surface area contributed by atoms with Crippen molar-refractivity contribution in [3.05, 3.63) is 18.3 Å². The summed E-state index contributed by atoms with van der Waals surface area (Å²) in [5.41, 5.74) is 6.60. The zero-order valence-corrected chi connectivity index (χ0v) is 21.0. The number of anilines is 2. The van der Waals surface area contributed by atoms with E-state index in [1.54, 1.807) is 6.20 Å². The number of aliphatic carboxylic acids is 1. The summed E-state index contributed by atoms with van der Waals surface area (Å²) in [6.45, 7) is 4.04. The van der Waals surface area contributed by atoms with Crippen molar-refractivity contribution in [2.75, 3.05) is 42.9 Å². The topological polar surface area (TPSA) is 158 Å². The standard InChI is InChI=1S/C25H37N9O3/c26-8-3-16-4-11-34(12-5-16)25-30-19-15-28-32-24(37)22(19)23(31-25)29-18-1-2-20(27-14-18)33-9-6-17(7-10-33)13-21(35)36/h1-2,14,16-17,19,22-23,25,28-31H,3-7,9-13,15H2,(H,32,37)(H,35,36). The lowest BCUT2D eigenvalue weighted by Crippen LogP contribution is -2.77. The Hall–Kier alpha value is -2.98. The van der Waals surface area contributed by atoms with Crippen LogP contribution in [0.2, 0.25) is 0 Å². The molecule has 6 N–H and O–H groups in total. The van der Waals surface area contributed by atoms with Crippen molar-refractivity contribution in [3.8, 4) is 6.07 Å². The molecule has 0 radical (unpaired) electrons. The maximum absolute atomic E-state index is 12.8. The maximum Gasteiger partial charge on any atom is 0.303 e. The lowest BCUT2D eigenvalue weighted by Gasteiger charge is -2.49. The molecule has 0 aliphatic carbocycles. The van der Waals surface area contributed by atoms with Crippen LogP contribution in [-0.2, 0) is 9.59 Å². The number of pyridine rings is 1. The molecular weight excluding hydrogens is 474 g/mol. The van der Waals surface area contributed by atoms with Gasteiger partial charge in [0.15, 0.2) is 0 Å². The van der Waals surface area contributed by atoms with E-state index in [0.29, 0.717) is 18.9 Å². The fourth-order valence-corrected chi connectivity index (χ4v) is 6.05. The number of hydrazine groups is 1. The van der Waals surface area contributed by atoms with Gasteiger partial charge in [-0.15, -0.1) is 0 Å². The molecule has 12 nitrogen and oxygen atoms in total. The van der Waals surface area contributed by atoms with Gasteiger partial charge in [0.05, 0.1) is 30.0 Å². The van der Waals surface area contributed by atoms with Gasteiger partial charge in [0.25, 0.3) is 0 Å². The lowest BCUT2D eigenvalue weighted by molar-refractivity contribution is -0.138. The van der Waals surface area contributed by atoms with E-state index in [1.807, 2.05) is 12.1 Å². The third kappa shape index (κ3) is 6.13. The monoisotopic (exact) mass is 511 g/mol. The van der Waals surface area contributed by atoms with Crippen molar-refractivity contribution in [2.45, 2.75) is 57.0 Å². The Kier molecular flexibility index (Phi) is 8.05. The number of likely N-dealkylation sites (tertiary alicyclic amines) is 1. The highest BCUT2D eigenvalue weighted by Crippen LogP contribution is 2.27. The van der Waals surface area contributed by atoms with Gasteiger partial charge in [0.2, 0.25) is 5.91 Å². The zero-order chi connectivity index (χ0) is 25.8. The van der Waals surface area contributed by atoms with Crippen molar-refractivity contribution in [2.24, 2.45) is 17.8 Å². The smallest absolute Gasteiger partial charge is 0.303 e. The number of carboxylic acid groups (broad SMARTS) is 1. The van der Waals surface area contributed by atoms with Gasteiger partial charge in [0, 0.05) is 51.6 Å². The van der Waals surface area contributed by atoms with Crippen molar-refractivity contribution in [3.63, 3.8) is 0 Å². The predicted molar refractivity (Wildman–Crippen MR) is 137 cm³/mol. The van der Waals surface area contributed by atoms with E-state index in [0.717, 1.165) is 63.4 Å². The summed E-state index contributed by atoms with van der Waals surface area (Å²) in [5, 5.41) is 28.8. The molecule has 12 heteroatoms.